The van der Waals surface area contributed by atoms with Crippen LogP contribution >= 0.6 is 0 Å². The number of aliphatic hydroxyl groups is 1. The molecule has 0 aromatic heterocycles. The molecule has 1 unspecified atom stereocenters. The standard InChI is InChI=1S/C8H15NO/c10-8-3-5-9-4-1-2-7(8)6-9/h7-8,10H,1-6H2/t7-,8+/m0/s1. The Bertz CT molecular complexity index is 124. The maximum Gasteiger partial charge on any atom is 0.0592 e. The van der Waals surface area contributed by atoms with E-state index < -0.39 is 0 Å². The lowest BCUT2D eigenvalue weighted by Crippen LogP contribution is -2.46. The van der Waals surface area contributed by atoms with Gasteiger partial charge in [-0.15, -0.1) is 0 Å². The van der Waals surface area contributed by atoms with Crippen LogP contribution in [0.25, 0.3) is 0 Å². The summed E-state index contributed by atoms with van der Waals surface area (Å²) in [6.45, 7) is 3.54. The monoisotopic (exact) mass is 141 g/mol. The predicted octanol–water partition coefficient (Wildman–Crippen LogP) is 0.463. The van der Waals surface area contributed by atoms with Gasteiger partial charge < -0.3 is 10.0 Å². The second kappa shape index (κ2) is 2.51. The molecule has 2 aliphatic heterocycles. The average Bonchev–Trinajstić information content (AvgIpc) is 1.99. The fraction of sp³-hybridized carbons (Fsp3) is 1.00. The van der Waals surface area contributed by atoms with Crippen molar-refractivity contribution in [3.8, 4) is 0 Å². The number of piperidine rings is 2. The van der Waals surface area contributed by atoms with Gasteiger partial charge in [-0.2, -0.15) is 0 Å². The Morgan fingerprint density at radius 2 is 2.10 bits per heavy atom. The maximum atomic E-state index is 9.49. The van der Waals surface area contributed by atoms with Crippen LogP contribution in [0, 0.1) is 5.92 Å². The molecule has 0 radical (unpaired) electrons. The fourth-order valence-electron chi connectivity index (χ4n) is 2.16. The van der Waals surface area contributed by atoms with Gasteiger partial charge in [-0.3, -0.25) is 0 Å². The fourth-order valence-corrected chi connectivity index (χ4v) is 2.16. The van der Waals surface area contributed by atoms with Gasteiger partial charge in [-0.1, -0.05) is 0 Å². The van der Waals surface area contributed by atoms with E-state index in [-0.39, 0.29) is 6.10 Å². The maximum absolute atomic E-state index is 9.49. The SMILES string of the molecule is O[C@@H]1CCN2CCC[C@H]1C2. The Hall–Kier alpha value is -0.0800. The zero-order valence-electron chi connectivity index (χ0n) is 6.29. The van der Waals surface area contributed by atoms with E-state index in [9.17, 15) is 5.11 Å². The largest absolute Gasteiger partial charge is 0.393 e. The molecule has 1 N–H and O–H groups in total. The van der Waals surface area contributed by atoms with E-state index in [0.717, 1.165) is 19.5 Å². The van der Waals surface area contributed by atoms with E-state index in [0.29, 0.717) is 5.92 Å². The van der Waals surface area contributed by atoms with E-state index in [1.165, 1.54) is 19.4 Å². The number of hydrogen-bond donors (Lipinski definition) is 1. The molecule has 0 aromatic carbocycles. The summed E-state index contributed by atoms with van der Waals surface area (Å²) in [4.78, 5) is 2.47. The van der Waals surface area contributed by atoms with Gasteiger partial charge in [0, 0.05) is 13.1 Å². The van der Waals surface area contributed by atoms with Crippen LogP contribution < -0.4 is 0 Å². The Morgan fingerprint density at radius 1 is 1.20 bits per heavy atom. The molecule has 0 aliphatic carbocycles. The lowest BCUT2D eigenvalue weighted by Gasteiger charge is -2.40. The number of rotatable bonds is 0. The van der Waals surface area contributed by atoms with Gasteiger partial charge in [-0.25, -0.2) is 0 Å². The van der Waals surface area contributed by atoms with Gasteiger partial charge in [0.1, 0.15) is 0 Å². The summed E-state index contributed by atoms with van der Waals surface area (Å²) in [5.74, 6) is 0.600. The molecule has 2 nitrogen and oxygen atoms in total. The van der Waals surface area contributed by atoms with Crippen molar-refractivity contribution < 1.29 is 5.11 Å². The molecule has 10 heavy (non-hydrogen) atoms. The molecule has 0 aromatic rings. The molecule has 58 valence electrons. The summed E-state index contributed by atoms with van der Waals surface area (Å²) < 4.78 is 0. The molecule has 2 fully saturated rings. The van der Waals surface area contributed by atoms with E-state index in [4.69, 9.17) is 0 Å². The number of nitrogens with zero attached hydrogens (tertiary/aromatic N) is 1. The van der Waals surface area contributed by atoms with E-state index >= 15 is 0 Å². The van der Waals surface area contributed by atoms with Crippen molar-refractivity contribution in [2.75, 3.05) is 19.6 Å². The molecule has 0 spiro atoms. The van der Waals surface area contributed by atoms with Crippen molar-refractivity contribution in [3.05, 3.63) is 0 Å². The van der Waals surface area contributed by atoms with Gasteiger partial charge in [0.15, 0.2) is 0 Å². The second-order valence-corrected chi connectivity index (χ2v) is 3.56. The lowest BCUT2D eigenvalue weighted by molar-refractivity contribution is 0.000185. The van der Waals surface area contributed by atoms with Gasteiger partial charge in [0.05, 0.1) is 6.10 Å². The highest BCUT2D eigenvalue weighted by atomic mass is 16.3. The quantitative estimate of drug-likeness (QED) is 0.530. The number of fused-ring (bicyclic) bond motifs is 2. The molecular formula is C8H15NO. The summed E-state index contributed by atoms with van der Waals surface area (Å²) in [7, 11) is 0. The molecular weight excluding hydrogens is 126 g/mol. The second-order valence-electron chi connectivity index (χ2n) is 3.56. The first kappa shape index (κ1) is 6.62. The minimum Gasteiger partial charge on any atom is -0.393 e. The first-order chi connectivity index (χ1) is 4.86. The Morgan fingerprint density at radius 3 is 2.90 bits per heavy atom. The molecule has 2 heteroatoms. The van der Waals surface area contributed by atoms with Crippen LogP contribution in [0.3, 0.4) is 0 Å². The summed E-state index contributed by atoms with van der Waals surface area (Å²) in [6, 6.07) is 0. The van der Waals surface area contributed by atoms with Crippen LogP contribution in [0.2, 0.25) is 0 Å². The van der Waals surface area contributed by atoms with Gasteiger partial charge in [0.25, 0.3) is 0 Å². The van der Waals surface area contributed by atoms with Crippen molar-refractivity contribution in [2.45, 2.75) is 25.4 Å². The number of hydrogen-bond acceptors (Lipinski definition) is 2. The normalized spacial score (nSPS) is 47.1. The molecule has 2 bridgehead atoms. The number of aliphatic hydroxyl groups excluding tert-OH is 1. The van der Waals surface area contributed by atoms with Crippen molar-refractivity contribution in [1.82, 2.24) is 4.90 Å². The average molecular weight is 141 g/mol. The summed E-state index contributed by atoms with van der Waals surface area (Å²) in [5, 5.41) is 9.49. The van der Waals surface area contributed by atoms with Crippen LogP contribution in [0.4, 0.5) is 0 Å². The van der Waals surface area contributed by atoms with Crippen LogP contribution in [0.15, 0.2) is 0 Å². The molecule has 0 amide bonds. The van der Waals surface area contributed by atoms with Crippen molar-refractivity contribution in [2.24, 2.45) is 5.92 Å². The molecule has 2 heterocycles. The molecule has 3 atom stereocenters. The van der Waals surface area contributed by atoms with Crippen LogP contribution in [-0.2, 0) is 0 Å². The summed E-state index contributed by atoms with van der Waals surface area (Å²) >= 11 is 0. The molecule has 0 saturated carbocycles. The topological polar surface area (TPSA) is 23.5 Å². The Kier molecular flexibility index (Phi) is 1.66. The third-order valence-corrected chi connectivity index (χ3v) is 2.83. The first-order valence-electron chi connectivity index (χ1n) is 4.26. The van der Waals surface area contributed by atoms with Crippen molar-refractivity contribution in [1.29, 1.82) is 0 Å². The minimum absolute atomic E-state index is 0.0107. The minimum atomic E-state index is 0.0107. The Labute approximate surface area is 61.8 Å². The zero-order valence-corrected chi connectivity index (χ0v) is 6.29. The first-order valence-corrected chi connectivity index (χ1v) is 4.26. The third kappa shape index (κ3) is 1.06. The lowest BCUT2D eigenvalue weighted by atomic mass is 9.87. The van der Waals surface area contributed by atoms with E-state index in [2.05, 4.69) is 4.90 Å². The van der Waals surface area contributed by atoms with Crippen LogP contribution in [0.5, 0.6) is 0 Å². The van der Waals surface area contributed by atoms with E-state index in [1.807, 2.05) is 0 Å². The molecule has 2 aliphatic rings. The van der Waals surface area contributed by atoms with E-state index in [1.54, 1.807) is 0 Å². The van der Waals surface area contributed by atoms with Crippen LogP contribution in [0.1, 0.15) is 19.3 Å². The predicted molar refractivity (Wildman–Crippen MR) is 39.8 cm³/mol. The Balaban J connectivity index is 2.00. The van der Waals surface area contributed by atoms with Gasteiger partial charge >= 0.3 is 0 Å². The summed E-state index contributed by atoms with van der Waals surface area (Å²) in [5.41, 5.74) is 0. The van der Waals surface area contributed by atoms with Gasteiger partial charge in [0.2, 0.25) is 0 Å². The highest BCUT2D eigenvalue weighted by molar-refractivity contribution is 4.83. The smallest absolute Gasteiger partial charge is 0.0592 e. The third-order valence-electron chi connectivity index (χ3n) is 2.83. The summed E-state index contributed by atoms with van der Waals surface area (Å²) in [6.07, 6.45) is 3.56. The molecule has 2 rings (SSSR count). The van der Waals surface area contributed by atoms with Crippen molar-refractivity contribution >= 4 is 0 Å². The molecule has 2 saturated heterocycles. The zero-order chi connectivity index (χ0) is 6.97. The van der Waals surface area contributed by atoms with Crippen molar-refractivity contribution in [3.63, 3.8) is 0 Å². The highest BCUT2D eigenvalue weighted by Crippen LogP contribution is 2.25. The highest BCUT2D eigenvalue weighted by Gasteiger charge is 2.30. The van der Waals surface area contributed by atoms with Gasteiger partial charge in [-0.05, 0) is 31.7 Å². The van der Waals surface area contributed by atoms with Crippen LogP contribution in [-0.4, -0.2) is 35.7 Å².